The Morgan fingerprint density at radius 2 is 2.00 bits per heavy atom. The Balaban J connectivity index is 1.81. The normalized spacial score (nSPS) is 21.1. The molecule has 2 unspecified atom stereocenters. The maximum atomic E-state index is 13.2. The van der Waals surface area contributed by atoms with Crippen LogP contribution < -0.4 is 5.73 Å². The summed E-state index contributed by atoms with van der Waals surface area (Å²) in [4.78, 5) is 4.64. The van der Waals surface area contributed by atoms with E-state index in [2.05, 4.69) is 23.9 Å². The van der Waals surface area contributed by atoms with Crippen molar-refractivity contribution in [3.8, 4) is 0 Å². The summed E-state index contributed by atoms with van der Waals surface area (Å²) in [5.74, 6) is -1.14. The highest BCUT2D eigenvalue weighted by atomic mass is 19.1. The summed E-state index contributed by atoms with van der Waals surface area (Å²) in [6.45, 7) is 3.00. The first kappa shape index (κ1) is 16.3. The Kier molecular flexibility index (Phi) is 5.67. The molecule has 0 aliphatic carbocycles. The Hall–Kier alpha value is -1.04. The molecule has 0 saturated carbocycles. The lowest BCUT2D eigenvalue weighted by Gasteiger charge is -2.26. The van der Waals surface area contributed by atoms with Gasteiger partial charge in [-0.2, -0.15) is 0 Å². The van der Waals surface area contributed by atoms with Crippen LogP contribution >= 0.6 is 0 Å². The van der Waals surface area contributed by atoms with Crippen molar-refractivity contribution in [2.45, 2.75) is 31.3 Å². The van der Waals surface area contributed by atoms with Crippen LogP contribution in [-0.2, 0) is 0 Å². The predicted molar refractivity (Wildman–Crippen MR) is 81.1 cm³/mol. The van der Waals surface area contributed by atoms with Gasteiger partial charge in [-0.1, -0.05) is 0 Å². The van der Waals surface area contributed by atoms with Gasteiger partial charge in [0.1, 0.15) is 11.6 Å². The average Bonchev–Trinajstić information content (AvgIpc) is 2.80. The van der Waals surface area contributed by atoms with Gasteiger partial charge in [-0.15, -0.1) is 0 Å². The molecule has 118 valence electrons. The fourth-order valence-corrected chi connectivity index (χ4v) is 2.98. The molecule has 2 atom stereocenters. The molecule has 0 aromatic heterocycles. The lowest BCUT2D eigenvalue weighted by atomic mass is 10.0. The monoisotopic (exact) mass is 297 g/mol. The maximum absolute atomic E-state index is 13.2. The van der Waals surface area contributed by atoms with Crippen LogP contribution in [0.25, 0.3) is 0 Å². The second-order valence-corrected chi connectivity index (χ2v) is 6.14. The van der Waals surface area contributed by atoms with Gasteiger partial charge in [0.25, 0.3) is 0 Å². The van der Waals surface area contributed by atoms with Crippen LogP contribution in [0.4, 0.5) is 8.78 Å². The summed E-state index contributed by atoms with van der Waals surface area (Å²) in [5, 5.41) is 0. The van der Waals surface area contributed by atoms with Gasteiger partial charge in [0.05, 0.1) is 0 Å². The van der Waals surface area contributed by atoms with Crippen molar-refractivity contribution in [2.75, 3.05) is 33.7 Å². The van der Waals surface area contributed by atoms with E-state index in [1.54, 1.807) is 0 Å². The summed E-state index contributed by atoms with van der Waals surface area (Å²) < 4.78 is 26.4. The van der Waals surface area contributed by atoms with Crippen LogP contribution in [0.15, 0.2) is 18.2 Å². The van der Waals surface area contributed by atoms with E-state index in [1.807, 2.05) is 0 Å². The summed E-state index contributed by atoms with van der Waals surface area (Å²) >= 11 is 0. The van der Waals surface area contributed by atoms with Crippen molar-refractivity contribution in [3.63, 3.8) is 0 Å². The molecule has 5 heteroatoms. The van der Waals surface area contributed by atoms with Gasteiger partial charge in [0.15, 0.2) is 0 Å². The highest BCUT2D eigenvalue weighted by Gasteiger charge is 2.22. The van der Waals surface area contributed by atoms with Crippen LogP contribution in [0, 0.1) is 11.6 Å². The Morgan fingerprint density at radius 3 is 2.57 bits per heavy atom. The Morgan fingerprint density at radius 1 is 1.33 bits per heavy atom. The third-order valence-electron chi connectivity index (χ3n) is 4.33. The molecule has 0 bridgehead atoms. The van der Waals surface area contributed by atoms with Crippen LogP contribution in [0.3, 0.4) is 0 Å². The number of likely N-dealkylation sites (tertiary alicyclic amines) is 1. The van der Waals surface area contributed by atoms with Crippen LogP contribution in [0.5, 0.6) is 0 Å². The van der Waals surface area contributed by atoms with Crippen LogP contribution in [-0.4, -0.2) is 49.6 Å². The molecule has 3 nitrogen and oxygen atoms in total. The minimum absolute atomic E-state index is 0.334. The zero-order valence-electron chi connectivity index (χ0n) is 12.9. The second kappa shape index (κ2) is 7.29. The summed E-state index contributed by atoms with van der Waals surface area (Å²) in [7, 11) is 4.23. The standard InChI is InChI=1S/C16H25F2N3/c1-20(11-15-4-3-6-21(15)2)7-5-16(19)12-8-13(17)10-14(18)9-12/h8-10,15-16H,3-7,11,19H2,1-2H3. The number of likely N-dealkylation sites (N-methyl/N-ethyl adjacent to an activating group) is 2. The lowest BCUT2D eigenvalue weighted by Crippen LogP contribution is -2.37. The first-order valence-corrected chi connectivity index (χ1v) is 7.56. The zero-order chi connectivity index (χ0) is 15.4. The molecular weight excluding hydrogens is 272 g/mol. The first-order valence-electron chi connectivity index (χ1n) is 7.56. The number of nitrogens with zero attached hydrogens (tertiary/aromatic N) is 2. The molecule has 21 heavy (non-hydrogen) atoms. The van der Waals surface area contributed by atoms with Crippen molar-refractivity contribution in [2.24, 2.45) is 5.73 Å². The van der Waals surface area contributed by atoms with Gasteiger partial charge < -0.3 is 15.5 Å². The van der Waals surface area contributed by atoms with Gasteiger partial charge in [0.2, 0.25) is 0 Å². The minimum Gasteiger partial charge on any atom is -0.324 e. The molecule has 1 fully saturated rings. The fraction of sp³-hybridized carbons (Fsp3) is 0.625. The highest BCUT2D eigenvalue weighted by Crippen LogP contribution is 2.19. The van der Waals surface area contributed by atoms with Crippen molar-refractivity contribution in [1.29, 1.82) is 0 Å². The Labute approximate surface area is 125 Å². The topological polar surface area (TPSA) is 32.5 Å². The third-order valence-corrected chi connectivity index (χ3v) is 4.33. The molecule has 0 amide bonds. The van der Waals surface area contributed by atoms with E-state index in [1.165, 1.54) is 31.5 Å². The molecule has 1 heterocycles. The fourth-order valence-electron chi connectivity index (χ4n) is 2.98. The third kappa shape index (κ3) is 4.73. The van der Waals surface area contributed by atoms with Crippen molar-refractivity contribution in [1.82, 2.24) is 9.80 Å². The zero-order valence-corrected chi connectivity index (χ0v) is 12.9. The van der Waals surface area contributed by atoms with E-state index >= 15 is 0 Å². The molecule has 2 N–H and O–H groups in total. The molecule has 0 radical (unpaired) electrons. The molecule has 1 aromatic rings. The van der Waals surface area contributed by atoms with E-state index in [0.29, 0.717) is 18.0 Å². The summed E-state index contributed by atoms with van der Waals surface area (Å²) in [6.07, 6.45) is 3.19. The van der Waals surface area contributed by atoms with E-state index in [4.69, 9.17) is 5.73 Å². The number of benzene rings is 1. The summed E-state index contributed by atoms with van der Waals surface area (Å²) in [6, 6.07) is 3.78. The van der Waals surface area contributed by atoms with Gasteiger partial charge in [-0.3, -0.25) is 0 Å². The molecule has 1 aliphatic heterocycles. The van der Waals surface area contributed by atoms with Crippen LogP contribution in [0.1, 0.15) is 30.9 Å². The van der Waals surface area contributed by atoms with Crippen molar-refractivity contribution >= 4 is 0 Å². The minimum atomic E-state index is -0.568. The van der Waals surface area contributed by atoms with E-state index in [9.17, 15) is 8.78 Å². The van der Waals surface area contributed by atoms with E-state index in [0.717, 1.165) is 19.2 Å². The average molecular weight is 297 g/mol. The molecule has 1 saturated heterocycles. The molecular formula is C16H25F2N3. The molecule has 0 spiro atoms. The van der Waals surface area contributed by atoms with Crippen LogP contribution in [0.2, 0.25) is 0 Å². The Bertz CT molecular complexity index is 447. The van der Waals surface area contributed by atoms with Crippen molar-refractivity contribution in [3.05, 3.63) is 35.4 Å². The SMILES string of the molecule is CN(CCC(N)c1cc(F)cc(F)c1)CC1CCCN1C. The number of nitrogens with two attached hydrogens (primary N) is 1. The van der Waals surface area contributed by atoms with E-state index < -0.39 is 11.6 Å². The van der Waals surface area contributed by atoms with E-state index in [-0.39, 0.29) is 6.04 Å². The summed E-state index contributed by atoms with van der Waals surface area (Å²) in [5.41, 5.74) is 6.57. The largest absolute Gasteiger partial charge is 0.324 e. The number of halogens is 2. The first-order chi connectivity index (χ1) is 9.95. The number of hydrogen-bond donors (Lipinski definition) is 1. The van der Waals surface area contributed by atoms with Gasteiger partial charge >= 0.3 is 0 Å². The smallest absolute Gasteiger partial charge is 0.126 e. The number of hydrogen-bond acceptors (Lipinski definition) is 3. The molecule has 1 aromatic carbocycles. The molecule has 2 rings (SSSR count). The number of rotatable bonds is 6. The van der Waals surface area contributed by atoms with Crippen molar-refractivity contribution < 1.29 is 8.78 Å². The maximum Gasteiger partial charge on any atom is 0.126 e. The molecule has 1 aliphatic rings. The van der Waals surface area contributed by atoms with Gasteiger partial charge in [0, 0.05) is 24.7 Å². The van der Waals surface area contributed by atoms with Gasteiger partial charge in [-0.05, 0) is 64.1 Å². The van der Waals surface area contributed by atoms with Gasteiger partial charge in [-0.25, -0.2) is 8.78 Å². The predicted octanol–water partition coefficient (Wildman–Crippen LogP) is 2.38. The highest BCUT2D eigenvalue weighted by molar-refractivity contribution is 5.21. The quantitative estimate of drug-likeness (QED) is 0.875. The second-order valence-electron chi connectivity index (χ2n) is 6.14. The lowest BCUT2D eigenvalue weighted by molar-refractivity contribution is 0.216.